The number of carbonyl (C=O) groups is 1. The number of rotatable bonds is 7. The van der Waals surface area contributed by atoms with Crippen LogP contribution < -0.4 is 25.8 Å². The number of piperazine rings is 1. The van der Waals surface area contributed by atoms with Gasteiger partial charge in [0.05, 0.1) is 23.0 Å². The van der Waals surface area contributed by atoms with E-state index in [0.29, 0.717) is 65.7 Å². The highest BCUT2D eigenvalue weighted by Crippen LogP contribution is 2.30. The molecule has 0 saturated carbocycles. The lowest BCUT2D eigenvalue weighted by atomic mass is 10.1. The Kier molecular flexibility index (Phi) is 6.46. The number of carbonyl (C=O) groups excluding carboxylic acids is 1. The van der Waals surface area contributed by atoms with Crippen LogP contribution in [-0.4, -0.2) is 64.0 Å². The van der Waals surface area contributed by atoms with Crippen molar-refractivity contribution in [3.05, 3.63) is 63.0 Å². The Morgan fingerprint density at radius 2 is 2.10 bits per heavy atom. The number of hydrogen-bond acceptors (Lipinski definition) is 8. The third-order valence-corrected chi connectivity index (χ3v) is 7.98. The quantitative estimate of drug-likeness (QED) is 0.319. The summed E-state index contributed by atoms with van der Waals surface area (Å²) in [6, 6.07) is 10.4. The number of hydrogen-bond donors (Lipinski definition) is 2. The number of halogens is 1. The second kappa shape index (κ2) is 11.1. The largest absolute Gasteiger partial charge is 0.493 e. The minimum absolute atomic E-state index is 0.149. The summed E-state index contributed by atoms with van der Waals surface area (Å²) in [5.41, 5.74) is 3.08. The fourth-order valence-electron chi connectivity index (χ4n) is 5.26. The van der Waals surface area contributed by atoms with Gasteiger partial charge in [-0.05, 0) is 54.6 Å². The fourth-order valence-corrected chi connectivity index (χ4v) is 5.87. The molecule has 1 amide bonds. The predicted molar refractivity (Wildman–Crippen MR) is 158 cm³/mol. The number of fused-ring (bicyclic) bond motifs is 2. The number of anilines is 2. The molecule has 0 radical (unpaired) electrons. The van der Waals surface area contributed by atoms with Crippen molar-refractivity contribution < 1.29 is 13.6 Å². The second-order valence-electron chi connectivity index (χ2n) is 9.64. The summed E-state index contributed by atoms with van der Waals surface area (Å²) in [6.07, 6.45) is -0.944. The standard InChI is InChI=1S/C28H30ClN7O3S/c1-3-22-25(34-11-9-30-10-12-34)27(38)36-28(32-26(33-36)18-4-7-23-17(14-18)8-13-39-23)35(22)16-24(37)31-21-6-5-19(40-2)15-20(21)29/h4-7,14-15,30H,3,8-13,16H2,1-2H3,(H,31,37)/i2D3. The van der Waals surface area contributed by atoms with Gasteiger partial charge in [0.25, 0.3) is 5.56 Å². The highest BCUT2D eigenvalue weighted by molar-refractivity contribution is 7.98. The molecule has 0 bridgehead atoms. The van der Waals surface area contributed by atoms with E-state index in [4.69, 9.17) is 25.4 Å². The molecule has 0 aliphatic carbocycles. The molecule has 12 heteroatoms. The van der Waals surface area contributed by atoms with Crippen LogP contribution in [0.25, 0.3) is 17.2 Å². The van der Waals surface area contributed by atoms with E-state index in [9.17, 15) is 9.59 Å². The third kappa shape index (κ3) is 4.93. The molecule has 40 heavy (non-hydrogen) atoms. The van der Waals surface area contributed by atoms with E-state index in [-0.39, 0.29) is 28.8 Å². The Balaban J connectivity index is 1.40. The van der Waals surface area contributed by atoms with Crippen LogP contribution in [0.15, 0.2) is 46.1 Å². The first kappa shape index (κ1) is 23.2. The molecular weight excluding hydrogens is 550 g/mol. The molecule has 0 atom stereocenters. The Labute approximate surface area is 244 Å². The molecule has 208 valence electrons. The normalized spacial score (nSPS) is 16.2. The summed E-state index contributed by atoms with van der Waals surface area (Å²) in [4.78, 5) is 34.7. The Hall–Kier alpha value is -3.54. The summed E-state index contributed by atoms with van der Waals surface area (Å²) >= 11 is 7.12. The molecule has 6 rings (SSSR count). The molecule has 1 fully saturated rings. The molecule has 10 nitrogen and oxygen atoms in total. The molecule has 2 aromatic carbocycles. The van der Waals surface area contributed by atoms with Crippen molar-refractivity contribution in [3.63, 3.8) is 0 Å². The van der Waals surface area contributed by atoms with E-state index in [1.54, 1.807) is 16.7 Å². The van der Waals surface area contributed by atoms with Gasteiger partial charge in [0, 0.05) is 47.2 Å². The third-order valence-electron chi connectivity index (χ3n) is 7.18. The van der Waals surface area contributed by atoms with Crippen molar-refractivity contribution in [1.29, 1.82) is 0 Å². The van der Waals surface area contributed by atoms with Crippen molar-refractivity contribution in [2.24, 2.45) is 0 Å². The molecule has 2 aliphatic heterocycles. The minimum atomic E-state index is -2.22. The van der Waals surface area contributed by atoms with Crippen LogP contribution in [0.2, 0.25) is 5.02 Å². The average Bonchev–Trinajstić information content (AvgIpc) is 3.63. The maximum Gasteiger partial charge on any atom is 0.299 e. The van der Waals surface area contributed by atoms with Gasteiger partial charge in [-0.25, -0.2) is 0 Å². The molecule has 2 aliphatic rings. The summed E-state index contributed by atoms with van der Waals surface area (Å²) < 4.78 is 31.1. The van der Waals surface area contributed by atoms with Gasteiger partial charge >= 0.3 is 0 Å². The summed E-state index contributed by atoms with van der Waals surface area (Å²) in [5, 5.41) is 11.0. The van der Waals surface area contributed by atoms with Crippen LogP contribution in [-0.2, 0) is 24.2 Å². The minimum Gasteiger partial charge on any atom is -0.493 e. The van der Waals surface area contributed by atoms with Gasteiger partial charge in [0.1, 0.15) is 18.0 Å². The zero-order valence-electron chi connectivity index (χ0n) is 24.9. The molecule has 2 N–H and O–H groups in total. The maximum absolute atomic E-state index is 13.9. The van der Waals surface area contributed by atoms with Crippen molar-refractivity contribution >= 4 is 46.4 Å². The van der Waals surface area contributed by atoms with E-state index >= 15 is 0 Å². The van der Waals surface area contributed by atoms with E-state index < -0.39 is 6.18 Å². The molecule has 0 unspecified atom stereocenters. The molecule has 4 aromatic rings. The number of amides is 1. The first-order valence-electron chi connectivity index (χ1n) is 14.6. The first-order chi connectivity index (χ1) is 20.6. The van der Waals surface area contributed by atoms with Crippen molar-refractivity contribution in [2.75, 3.05) is 49.2 Å². The molecule has 0 spiro atoms. The van der Waals surface area contributed by atoms with Crippen molar-refractivity contribution in [1.82, 2.24) is 24.5 Å². The van der Waals surface area contributed by atoms with Gasteiger partial charge in [-0.3, -0.25) is 9.59 Å². The van der Waals surface area contributed by atoms with Crippen molar-refractivity contribution in [3.8, 4) is 17.1 Å². The summed E-state index contributed by atoms with van der Waals surface area (Å²) in [7, 11) is 0. The predicted octanol–water partition coefficient (Wildman–Crippen LogP) is 3.48. The van der Waals surface area contributed by atoms with E-state index in [0.717, 1.165) is 36.4 Å². The topological polar surface area (TPSA) is 106 Å². The van der Waals surface area contributed by atoms with E-state index in [1.165, 1.54) is 10.6 Å². The van der Waals surface area contributed by atoms with Gasteiger partial charge < -0.3 is 24.8 Å². The van der Waals surface area contributed by atoms with Gasteiger partial charge in [-0.1, -0.05) is 18.5 Å². The Morgan fingerprint density at radius 1 is 1.25 bits per heavy atom. The number of nitrogens with zero attached hydrogens (tertiary/aromatic N) is 5. The maximum atomic E-state index is 13.9. The first-order valence-corrected chi connectivity index (χ1v) is 14.3. The number of thioether (sulfide) groups is 1. The van der Waals surface area contributed by atoms with Gasteiger partial charge in [0.15, 0.2) is 5.82 Å². The van der Waals surface area contributed by atoms with E-state index in [2.05, 4.69) is 15.7 Å². The van der Waals surface area contributed by atoms with Gasteiger partial charge in [-0.15, -0.1) is 16.9 Å². The summed E-state index contributed by atoms with van der Waals surface area (Å²) in [5.74, 6) is 1.09. The lowest BCUT2D eigenvalue weighted by molar-refractivity contribution is -0.116. The highest BCUT2D eigenvalue weighted by atomic mass is 35.5. The van der Waals surface area contributed by atoms with Crippen molar-refractivity contribution in [2.45, 2.75) is 31.2 Å². The zero-order valence-corrected chi connectivity index (χ0v) is 23.4. The van der Waals surface area contributed by atoms with Crippen LogP contribution >= 0.6 is 23.4 Å². The molecule has 1 saturated heterocycles. The number of ether oxygens (including phenoxy) is 1. The second-order valence-corrected chi connectivity index (χ2v) is 10.7. The average molecular weight is 583 g/mol. The highest BCUT2D eigenvalue weighted by Gasteiger charge is 2.26. The van der Waals surface area contributed by atoms with Crippen LogP contribution in [0.1, 0.15) is 22.3 Å². The van der Waals surface area contributed by atoms with Crippen LogP contribution in [0.5, 0.6) is 5.75 Å². The Bertz CT molecular complexity index is 1770. The lowest BCUT2D eigenvalue weighted by Gasteiger charge is -2.31. The lowest BCUT2D eigenvalue weighted by Crippen LogP contribution is -2.47. The van der Waals surface area contributed by atoms with Crippen LogP contribution in [0, 0.1) is 0 Å². The van der Waals surface area contributed by atoms with Crippen LogP contribution in [0.3, 0.4) is 0 Å². The molecule has 2 aromatic heterocycles. The smallest absolute Gasteiger partial charge is 0.299 e. The Morgan fingerprint density at radius 3 is 2.88 bits per heavy atom. The molecule has 4 heterocycles. The van der Waals surface area contributed by atoms with Crippen LogP contribution in [0.4, 0.5) is 11.4 Å². The number of benzene rings is 2. The number of aromatic nitrogens is 4. The van der Waals surface area contributed by atoms with Gasteiger partial charge in [-0.2, -0.15) is 9.50 Å². The molecular formula is C28H30ClN7O3S. The number of nitrogens with one attached hydrogen (secondary N) is 2. The fraction of sp³-hybridized carbons (Fsp3) is 0.357. The SMILES string of the molecule is [2H]C([2H])([2H])Sc1ccc(NC(=O)Cn2c(CC)c(N3CCNCC3)c(=O)n3nc(-c4ccc5c(c4)CCO5)nc23)c(Cl)c1. The zero-order chi connectivity index (χ0) is 30.3. The monoisotopic (exact) mass is 582 g/mol. The van der Waals surface area contributed by atoms with E-state index in [1.807, 2.05) is 30.0 Å². The summed E-state index contributed by atoms with van der Waals surface area (Å²) in [6.45, 7) is 5.16. The van der Waals surface area contributed by atoms with Gasteiger partial charge in [0.2, 0.25) is 11.7 Å².